The maximum absolute atomic E-state index is 12.1. The maximum atomic E-state index is 12.1. The third-order valence-corrected chi connectivity index (χ3v) is 3.36. The minimum absolute atomic E-state index is 0.0531. The van der Waals surface area contributed by atoms with Crippen LogP contribution in [0.1, 0.15) is 32.4 Å². The minimum Gasteiger partial charge on any atom is -0.456 e. The van der Waals surface area contributed by atoms with Gasteiger partial charge >= 0.3 is 5.97 Å². The van der Waals surface area contributed by atoms with Crippen molar-refractivity contribution in [2.75, 3.05) is 0 Å². The van der Waals surface area contributed by atoms with Crippen molar-refractivity contribution in [3.05, 3.63) is 35.9 Å². The van der Waals surface area contributed by atoms with E-state index in [1.165, 1.54) is 0 Å². The zero-order valence-electron chi connectivity index (χ0n) is 10.3. The van der Waals surface area contributed by atoms with Gasteiger partial charge in [0.2, 0.25) is 0 Å². The molecule has 3 nitrogen and oxygen atoms in total. The van der Waals surface area contributed by atoms with E-state index in [0.717, 1.165) is 5.56 Å². The molecule has 1 saturated heterocycles. The number of carbonyl (C=O) groups excluding carboxylic acids is 2. The van der Waals surface area contributed by atoms with Crippen molar-refractivity contribution in [2.24, 2.45) is 11.3 Å². The van der Waals surface area contributed by atoms with Crippen LogP contribution in [0, 0.1) is 11.3 Å². The molecule has 1 aliphatic heterocycles. The van der Waals surface area contributed by atoms with Crippen LogP contribution >= 0.6 is 0 Å². The van der Waals surface area contributed by atoms with Gasteiger partial charge in [0, 0.05) is 0 Å². The van der Waals surface area contributed by atoms with Crippen LogP contribution in [0.5, 0.6) is 0 Å². The zero-order valence-corrected chi connectivity index (χ0v) is 10.3. The molecule has 0 amide bonds. The van der Waals surface area contributed by atoms with E-state index in [4.69, 9.17) is 4.74 Å². The Hall–Kier alpha value is -1.64. The van der Waals surface area contributed by atoms with Gasteiger partial charge < -0.3 is 4.74 Å². The molecule has 2 atom stereocenters. The number of ether oxygens (including phenoxy) is 1. The molecule has 1 fully saturated rings. The van der Waals surface area contributed by atoms with Crippen molar-refractivity contribution >= 4 is 11.8 Å². The fraction of sp³-hybridized carbons (Fsp3) is 0.429. The molecule has 90 valence electrons. The van der Waals surface area contributed by atoms with Crippen molar-refractivity contribution in [1.29, 1.82) is 0 Å². The van der Waals surface area contributed by atoms with Gasteiger partial charge in [-0.25, -0.2) is 0 Å². The summed E-state index contributed by atoms with van der Waals surface area (Å²) in [7, 11) is 0. The van der Waals surface area contributed by atoms with Crippen LogP contribution in [0.3, 0.4) is 0 Å². The summed E-state index contributed by atoms with van der Waals surface area (Å²) in [6, 6.07) is 9.39. The van der Waals surface area contributed by atoms with Crippen LogP contribution < -0.4 is 0 Å². The van der Waals surface area contributed by atoms with Crippen LogP contribution in [-0.4, -0.2) is 11.8 Å². The van der Waals surface area contributed by atoms with Gasteiger partial charge in [0.05, 0.1) is 5.92 Å². The van der Waals surface area contributed by atoms with Crippen LogP contribution in [0.25, 0.3) is 0 Å². The summed E-state index contributed by atoms with van der Waals surface area (Å²) < 4.78 is 5.41. The van der Waals surface area contributed by atoms with Gasteiger partial charge in [0.15, 0.2) is 5.78 Å². The number of hydrogen-bond acceptors (Lipinski definition) is 3. The molecule has 0 radical (unpaired) electrons. The smallest absolute Gasteiger partial charge is 0.319 e. The normalized spacial score (nSPS) is 27.7. The molecule has 17 heavy (non-hydrogen) atoms. The quantitative estimate of drug-likeness (QED) is 0.552. The molecule has 3 heteroatoms. The van der Waals surface area contributed by atoms with Crippen LogP contribution in [-0.2, 0) is 14.3 Å². The van der Waals surface area contributed by atoms with Crippen molar-refractivity contribution < 1.29 is 14.3 Å². The highest BCUT2D eigenvalue weighted by atomic mass is 16.5. The van der Waals surface area contributed by atoms with Gasteiger partial charge in [-0.1, -0.05) is 37.3 Å². The number of ketones is 1. The Morgan fingerprint density at radius 3 is 2.29 bits per heavy atom. The fourth-order valence-corrected chi connectivity index (χ4v) is 2.17. The van der Waals surface area contributed by atoms with E-state index in [1.807, 2.05) is 37.3 Å². The summed E-state index contributed by atoms with van der Waals surface area (Å²) >= 11 is 0. The first-order valence-electron chi connectivity index (χ1n) is 5.75. The number of cyclic esters (lactones) is 1. The SMILES string of the molecule is C[C@@H]1C(=O)C(C)(C)C(=O)O[C@H]1c1ccccc1. The Morgan fingerprint density at radius 1 is 1.12 bits per heavy atom. The molecule has 0 unspecified atom stereocenters. The highest BCUT2D eigenvalue weighted by Gasteiger charge is 2.48. The Labute approximate surface area is 101 Å². The molecule has 0 N–H and O–H groups in total. The Kier molecular flexibility index (Phi) is 2.77. The number of esters is 1. The number of rotatable bonds is 1. The molecule has 0 bridgehead atoms. The predicted octanol–water partition coefficient (Wildman–Crippen LogP) is 2.52. The van der Waals surface area contributed by atoms with Gasteiger partial charge in [-0.3, -0.25) is 9.59 Å². The summed E-state index contributed by atoms with van der Waals surface area (Å²) in [5.74, 6) is -0.790. The first-order valence-corrected chi connectivity index (χ1v) is 5.75. The van der Waals surface area contributed by atoms with E-state index in [2.05, 4.69) is 0 Å². The maximum Gasteiger partial charge on any atom is 0.319 e. The van der Waals surface area contributed by atoms with E-state index in [-0.39, 0.29) is 11.7 Å². The van der Waals surface area contributed by atoms with Crippen LogP contribution in [0.15, 0.2) is 30.3 Å². The van der Waals surface area contributed by atoms with Crippen LogP contribution in [0.4, 0.5) is 0 Å². The highest BCUT2D eigenvalue weighted by Crippen LogP contribution is 2.39. The molecule has 1 aromatic carbocycles. The highest BCUT2D eigenvalue weighted by molar-refractivity contribution is 6.05. The summed E-state index contributed by atoms with van der Waals surface area (Å²) in [6.45, 7) is 5.05. The summed E-state index contributed by atoms with van der Waals surface area (Å²) in [6.07, 6.45) is -0.454. The lowest BCUT2D eigenvalue weighted by Crippen LogP contribution is -2.46. The lowest BCUT2D eigenvalue weighted by Gasteiger charge is -2.36. The molecule has 1 heterocycles. The van der Waals surface area contributed by atoms with E-state index in [1.54, 1.807) is 13.8 Å². The van der Waals surface area contributed by atoms with Gasteiger partial charge in [-0.2, -0.15) is 0 Å². The third-order valence-electron chi connectivity index (χ3n) is 3.36. The molecule has 0 aromatic heterocycles. The predicted molar refractivity (Wildman–Crippen MR) is 63.2 cm³/mol. The Balaban J connectivity index is 2.34. The lowest BCUT2D eigenvalue weighted by atomic mass is 9.76. The number of hydrogen-bond donors (Lipinski definition) is 0. The molecule has 1 aromatic rings. The Morgan fingerprint density at radius 2 is 1.71 bits per heavy atom. The summed E-state index contributed by atoms with van der Waals surface area (Å²) in [5.41, 5.74) is -0.151. The van der Waals surface area contributed by atoms with Crippen molar-refractivity contribution in [3.63, 3.8) is 0 Å². The minimum atomic E-state index is -1.02. The molecule has 0 aliphatic carbocycles. The Bertz CT molecular complexity index is 448. The van der Waals surface area contributed by atoms with Gasteiger partial charge in [0.1, 0.15) is 11.5 Å². The summed E-state index contributed by atoms with van der Waals surface area (Å²) in [4.78, 5) is 24.0. The fourth-order valence-electron chi connectivity index (χ4n) is 2.17. The monoisotopic (exact) mass is 232 g/mol. The second-order valence-electron chi connectivity index (χ2n) is 5.01. The van der Waals surface area contributed by atoms with Gasteiger partial charge in [-0.15, -0.1) is 0 Å². The van der Waals surface area contributed by atoms with Crippen molar-refractivity contribution in [3.8, 4) is 0 Å². The largest absolute Gasteiger partial charge is 0.456 e. The number of Topliss-reactive ketones (excluding diaryl/α,β-unsaturated/α-hetero) is 1. The van der Waals surface area contributed by atoms with Gasteiger partial charge in [0.25, 0.3) is 0 Å². The summed E-state index contributed by atoms with van der Waals surface area (Å²) in [5, 5.41) is 0. The lowest BCUT2D eigenvalue weighted by molar-refractivity contribution is -0.178. The second kappa shape index (κ2) is 3.99. The average Bonchev–Trinajstić information content (AvgIpc) is 2.33. The topological polar surface area (TPSA) is 43.4 Å². The first-order chi connectivity index (χ1) is 7.94. The number of benzene rings is 1. The van der Waals surface area contributed by atoms with Gasteiger partial charge in [-0.05, 0) is 19.4 Å². The molecule has 2 rings (SSSR count). The molecular weight excluding hydrogens is 216 g/mol. The van der Waals surface area contributed by atoms with Crippen LogP contribution in [0.2, 0.25) is 0 Å². The second-order valence-corrected chi connectivity index (χ2v) is 5.01. The van der Waals surface area contributed by atoms with E-state index < -0.39 is 17.5 Å². The number of carbonyl (C=O) groups is 2. The van der Waals surface area contributed by atoms with Crippen molar-refractivity contribution in [2.45, 2.75) is 26.9 Å². The van der Waals surface area contributed by atoms with E-state index in [0.29, 0.717) is 0 Å². The first kappa shape index (κ1) is 11.8. The molecular formula is C14H16O3. The molecule has 0 saturated carbocycles. The zero-order chi connectivity index (χ0) is 12.6. The average molecular weight is 232 g/mol. The van der Waals surface area contributed by atoms with E-state index >= 15 is 0 Å². The molecule has 0 spiro atoms. The third kappa shape index (κ3) is 1.86. The van der Waals surface area contributed by atoms with E-state index in [9.17, 15) is 9.59 Å². The van der Waals surface area contributed by atoms with Crippen molar-refractivity contribution in [1.82, 2.24) is 0 Å². The molecule has 1 aliphatic rings. The standard InChI is InChI=1S/C14H16O3/c1-9-11(10-7-5-4-6-8-10)17-13(16)14(2,3)12(9)15/h4-9,11H,1-3H3/t9-,11+/m0/s1.